The molecular formula is C22H26F3N3O2. The van der Waals surface area contributed by atoms with Crippen LogP contribution in [0.4, 0.5) is 18.9 Å². The molecule has 1 amide bonds. The minimum atomic E-state index is -4.50. The standard InChI is InChI=1S/C22H26F3N3O2/c1-17-5-4-6-18(15-17)30-14-13-27-9-11-28(12-10-27)16-21(29)26-20-8-3-2-7-19(20)22(23,24)25/h2-8,15H,9-14,16H2,1H3,(H,26,29). The number of rotatable bonds is 7. The van der Waals surface area contributed by atoms with Gasteiger partial charge in [-0.1, -0.05) is 24.3 Å². The number of benzene rings is 2. The first-order valence-corrected chi connectivity index (χ1v) is 9.91. The molecule has 5 nitrogen and oxygen atoms in total. The number of piperazine rings is 1. The molecule has 1 aliphatic rings. The van der Waals surface area contributed by atoms with Gasteiger partial charge in [-0.05, 0) is 36.8 Å². The fraction of sp³-hybridized carbons (Fsp3) is 0.409. The number of alkyl halides is 3. The van der Waals surface area contributed by atoms with Crippen molar-refractivity contribution >= 4 is 11.6 Å². The van der Waals surface area contributed by atoms with Crippen molar-refractivity contribution in [3.63, 3.8) is 0 Å². The highest BCUT2D eigenvalue weighted by atomic mass is 19.4. The van der Waals surface area contributed by atoms with Crippen LogP contribution in [-0.2, 0) is 11.0 Å². The van der Waals surface area contributed by atoms with Crippen molar-refractivity contribution in [1.82, 2.24) is 9.80 Å². The summed E-state index contributed by atoms with van der Waals surface area (Å²) in [4.78, 5) is 16.4. The summed E-state index contributed by atoms with van der Waals surface area (Å²) < 4.78 is 44.9. The first kappa shape index (κ1) is 22.1. The molecule has 1 saturated heterocycles. The van der Waals surface area contributed by atoms with Crippen LogP contribution in [0.1, 0.15) is 11.1 Å². The monoisotopic (exact) mass is 421 g/mol. The van der Waals surface area contributed by atoms with E-state index in [0.717, 1.165) is 37.0 Å². The third-order valence-corrected chi connectivity index (χ3v) is 5.00. The molecule has 2 aromatic rings. The summed E-state index contributed by atoms with van der Waals surface area (Å²) in [5, 5.41) is 2.40. The lowest BCUT2D eigenvalue weighted by Crippen LogP contribution is -2.49. The molecule has 2 aromatic carbocycles. The summed E-state index contributed by atoms with van der Waals surface area (Å²) in [5.74, 6) is 0.410. The normalized spacial score (nSPS) is 15.7. The highest BCUT2D eigenvalue weighted by molar-refractivity contribution is 5.93. The minimum Gasteiger partial charge on any atom is -0.492 e. The van der Waals surface area contributed by atoms with Crippen LogP contribution in [0.3, 0.4) is 0 Å². The number of hydrogen-bond donors (Lipinski definition) is 1. The molecule has 30 heavy (non-hydrogen) atoms. The largest absolute Gasteiger partial charge is 0.492 e. The van der Waals surface area contributed by atoms with Gasteiger partial charge in [0, 0.05) is 32.7 Å². The van der Waals surface area contributed by atoms with E-state index in [4.69, 9.17) is 4.74 Å². The zero-order valence-corrected chi connectivity index (χ0v) is 16.9. The summed E-state index contributed by atoms with van der Waals surface area (Å²) in [6.07, 6.45) is -4.50. The molecule has 0 unspecified atom stereocenters. The van der Waals surface area contributed by atoms with E-state index in [-0.39, 0.29) is 12.2 Å². The number of aryl methyl sites for hydroxylation is 1. The van der Waals surface area contributed by atoms with E-state index in [1.807, 2.05) is 36.1 Å². The van der Waals surface area contributed by atoms with Gasteiger partial charge in [-0.25, -0.2) is 0 Å². The van der Waals surface area contributed by atoms with Crippen molar-refractivity contribution < 1.29 is 22.7 Å². The molecule has 1 heterocycles. The Labute approximate surface area is 174 Å². The highest BCUT2D eigenvalue weighted by Gasteiger charge is 2.33. The molecule has 0 radical (unpaired) electrons. The van der Waals surface area contributed by atoms with E-state index in [9.17, 15) is 18.0 Å². The number of carbonyl (C=O) groups is 1. The van der Waals surface area contributed by atoms with Crippen molar-refractivity contribution in [2.24, 2.45) is 0 Å². The molecule has 0 aliphatic carbocycles. The second-order valence-corrected chi connectivity index (χ2v) is 7.37. The van der Waals surface area contributed by atoms with Crippen molar-refractivity contribution in [1.29, 1.82) is 0 Å². The minimum absolute atomic E-state index is 0.0693. The Morgan fingerprint density at radius 1 is 1.03 bits per heavy atom. The molecular weight excluding hydrogens is 395 g/mol. The molecule has 0 atom stereocenters. The summed E-state index contributed by atoms with van der Waals surface area (Å²) in [6, 6.07) is 12.9. The number of para-hydroxylation sites is 1. The van der Waals surface area contributed by atoms with Crippen LogP contribution >= 0.6 is 0 Å². The van der Waals surface area contributed by atoms with Crippen LogP contribution in [0.25, 0.3) is 0 Å². The molecule has 1 fully saturated rings. The van der Waals surface area contributed by atoms with Crippen LogP contribution in [0.2, 0.25) is 0 Å². The van der Waals surface area contributed by atoms with E-state index < -0.39 is 17.6 Å². The van der Waals surface area contributed by atoms with E-state index >= 15 is 0 Å². The topological polar surface area (TPSA) is 44.8 Å². The fourth-order valence-corrected chi connectivity index (χ4v) is 3.40. The smallest absolute Gasteiger partial charge is 0.418 e. The van der Waals surface area contributed by atoms with Gasteiger partial charge in [0.05, 0.1) is 17.8 Å². The van der Waals surface area contributed by atoms with Crippen LogP contribution < -0.4 is 10.1 Å². The van der Waals surface area contributed by atoms with E-state index in [1.54, 1.807) is 0 Å². The second kappa shape index (κ2) is 9.95. The molecule has 0 aromatic heterocycles. The van der Waals surface area contributed by atoms with Crippen molar-refractivity contribution in [3.8, 4) is 5.75 Å². The van der Waals surface area contributed by atoms with Gasteiger partial charge < -0.3 is 10.1 Å². The highest BCUT2D eigenvalue weighted by Crippen LogP contribution is 2.34. The first-order valence-electron chi connectivity index (χ1n) is 9.91. The fourth-order valence-electron chi connectivity index (χ4n) is 3.40. The molecule has 1 N–H and O–H groups in total. The lowest BCUT2D eigenvalue weighted by molar-refractivity contribution is -0.137. The van der Waals surface area contributed by atoms with Crippen molar-refractivity contribution in [3.05, 3.63) is 59.7 Å². The molecule has 162 valence electrons. The zero-order valence-electron chi connectivity index (χ0n) is 16.9. The van der Waals surface area contributed by atoms with E-state index in [0.29, 0.717) is 19.7 Å². The molecule has 3 rings (SSSR count). The third kappa shape index (κ3) is 6.47. The number of ether oxygens (including phenoxy) is 1. The maximum atomic E-state index is 13.1. The van der Waals surface area contributed by atoms with Gasteiger partial charge in [0.15, 0.2) is 0 Å². The molecule has 0 saturated carbocycles. The number of anilines is 1. The van der Waals surface area contributed by atoms with Gasteiger partial charge in [-0.3, -0.25) is 14.6 Å². The Kier molecular flexibility index (Phi) is 7.33. The predicted molar refractivity (Wildman–Crippen MR) is 110 cm³/mol. The lowest BCUT2D eigenvalue weighted by atomic mass is 10.1. The van der Waals surface area contributed by atoms with Crippen LogP contribution in [0, 0.1) is 6.92 Å². The number of nitrogens with zero attached hydrogens (tertiary/aromatic N) is 2. The Balaban J connectivity index is 1.40. The van der Waals surface area contributed by atoms with E-state index in [2.05, 4.69) is 10.2 Å². The van der Waals surface area contributed by atoms with Crippen molar-refractivity contribution in [2.45, 2.75) is 13.1 Å². The summed E-state index contributed by atoms with van der Waals surface area (Å²) >= 11 is 0. The van der Waals surface area contributed by atoms with E-state index in [1.165, 1.54) is 18.2 Å². The molecule has 8 heteroatoms. The van der Waals surface area contributed by atoms with Gasteiger partial charge in [-0.2, -0.15) is 13.2 Å². The SMILES string of the molecule is Cc1cccc(OCCN2CCN(CC(=O)Nc3ccccc3C(F)(F)F)CC2)c1. The lowest BCUT2D eigenvalue weighted by Gasteiger charge is -2.34. The predicted octanol–water partition coefficient (Wildman–Crippen LogP) is 3.65. The average Bonchev–Trinajstić information content (AvgIpc) is 2.69. The van der Waals surface area contributed by atoms with Gasteiger partial charge in [-0.15, -0.1) is 0 Å². The summed E-state index contributed by atoms with van der Waals surface area (Å²) in [5.41, 5.74) is 0.107. The quantitative estimate of drug-likeness (QED) is 0.741. The van der Waals surface area contributed by atoms with Gasteiger partial charge >= 0.3 is 6.18 Å². The second-order valence-electron chi connectivity index (χ2n) is 7.37. The van der Waals surface area contributed by atoms with Crippen molar-refractivity contribution in [2.75, 3.05) is 51.2 Å². The Bertz CT molecular complexity index is 850. The number of hydrogen-bond acceptors (Lipinski definition) is 4. The average molecular weight is 421 g/mol. The number of nitrogens with one attached hydrogen (secondary N) is 1. The number of carbonyl (C=O) groups excluding carboxylic acids is 1. The van der Waals surface area contributed by atoms with Crippen LogP contribution in [-0.4, -0.2) is 61.6 Å². The third-order valence-electron chi connectivity index (χ3n) is 5.00. The zero-order chi connectivity index (χ0) is 21.6. The van der Waals surface area contributed by atoms with Crippen LogP contribution in [0.15, 0.2) is 48.5 Å². The maximum Gasteiger partial charge on any atom is 0.418 e. The van der Waals surface area contributed by atoms with Crippen LogP contribution in [0.5, 0.6) is 5.75 Å². The Morgan fingerprint density at radius 3 is 2.43 bits per heavy atom. The molecule has 1 aliphatic heterocycles. The van der Waals surface area contributed by atoms with Gasteiger partial charge in [0.1, 0.15) is 12.4 Å². The first-order chi connectivity index (χ1) is 14.3. The number of amides is 1. The Hall–Kier alpha value is -2.58. The summed E-state index contributed by atoms with van der Waals surface area (Å²) in [6.45, 7) is 6.37. The molecule has 0 bridgehead atoms. The molecule has 0 spiro atoms. The summed E-state index contributed by atoms with van der Waals surface area (Å²) in [7, 11) is 0. The maximum absolute atomic E-state index is 13.1. The van der Waals surface area contributed by atoms with Gasteiger partial charge in [0.2, 0.25) is 5.91 Å². The Morgan fingerprint density at radius 2 is 1.73 bits per heavy atom. The van der Waals surface area contributed by atoms with Gasteiger partial charge in [0.25, 0.3) is 0 Å². The number of halogens is 3.